The van der Waals surface area contributed by atoms with Crippen LogP contribution < -0.4 is 5.32 Å². The van der Waals surface area contributed by atoms with Gasteiger partial charge in [-0.25, -0.2) is 4.98 Å². The summed E-state index contributed by atoms with van der Waals surface area (Å²) in [6.45, 7) is 4.16. The van der Waals surface area contributed by atoms with Crippen molar-refractivity contribution in [3.63, 3.8) is 0 Å². The molecule has 1 heterocycles. The van der Waals surface area contributed by atoms with Gasteiger partial charge in [0.25, 0.3) is 0 Å². The van der Waals surface area contributed by atoms with Crippen LogP contribution in [-0.2, 0) is 4.74 Å². The maximum atomic E-state index is 5.40. The summed E-state index contributed by atoms with van der Waals surface area (Å²) in [5.41, 5.74) is 1.16. The maximum absolute atomic E-state index is 5.40. The number of rotatable bonds is 3. The van der Waals surface area contributed by atoms with E-state index >= 15 is 0 Å². The molecule has 0 spiro atoms. The number of methoxy groups -OCH3 is 1. The molecule has 1 aromatic heterocycles. The molecule has 1 fully saturated rings. The summed E-state index contributed by atoms with van der Waals surface area (Å²) >= 11 is 3.53. The molecule has 1 aliphatic carbocycles. The average molecular weight is 271 g/mol. The van der Waals surface area contributed by atoms with Crippen LogP contribution in [0.15, 0.2) is 16.7 Å². The first kappa shape index (κ1) is 10.9. The first-order valence-corrected chi connectivity index (χ1v) is 5.79. The Morgan fingerprint density at radius 2 is 2.40 bits per heavy atom. The number of aromatic nitrogens is 1. The molecule has 1 aliphatic rings. The van der Waals surface area contributed by atoms with Crippen molar-refractivity contribution in [1.82, 2.24) is 4.98 Å². The summed E-state index contributed by atoms with van der Waals surface area (Å²) in [6.07, 6.45) is 2.85. The second-order valence-corrected chi connectivity index (χ2v) is 5.00. The van der Waals surface area contributed by atoms with Crippen molar-refractivity contribution in [1.29, 1.82) is 0 Å². The minimum atomic E-state index is -0.0230. The van der Waals surface area contributed by atoms with E-state index in [1.807, 2.05) is 12.3 Å². The van der Waals surface area contributed by atoms with E-state index in [2.05, 4.69) is 40.1 Å². The Labute approximate surface area is 98.4 Å². The van der Waals surface area contributed by atoms with Crippen molar-refractivity contribution in [2.75, 3.05) is 12.4 Å². The number of aryl methyl sites for hydroxylation is 1. The summed E-state index contributed by atoms with van der Waals surface area (Å²) in [5.74, 6) is 0.903. The Balaban J connectivity index is 2.10. The molecule has 3 nitrogen and oxygen atoms in total. The third kappa shape index (κ3) is 2.01. The number of ether oxygens (including phenoxy) is 1. The predicted molar refractivity (Wildman–Crippen MR) is 64.1 cm³/mol. The maximum Gasteiger partial charge on any atom is 0.140 e. The van der Waals surface area contributed by atoms with E-state index in [1.54, 1.807) is 7.11 Å². The Hall–Kier alpha value is -0.610. The largest absolute Gasteiger partial charge is 0.376 e. The van der Waals surface area contributed by atoms with Gasteiger partial charge in [-0.15, -0.1) is 0 Å². The lowest BCUT2D eigenvalue weighted by atomic mass is 10.3. The van der Waals surface area contributed by atoms with E-state index in [0.29, 0.717) is 6.04 Å². The van der Waals surface area contributed by atoms with Gasteiger partial charge >= 0.3 is 0 Å². The number of nitrogens with one attached hydrogen (secondary N) is 1. The molecule has 0 aliphatic heterocycles. The minimum absolute atomic E-state index is 0.0230. The van der Waals surface area contributed by atoms with Crippen LogP contribution in [0.2, 0.25) is 0 Å². The first-order chi connectivity index (χ1) is 7.07. The fraction of sp³-hybridized carbons (Fsp3) is 0.545. The van der Waals surface area contributed by atoms with Gasteiger partial charge in [0.2, 0.25) is 0 Å². The molecule has 2 unspecified atom stereocenters. The quantitative estimate of drug-likeness (QED) is 0.917. The van der Waals surface area contributed by atoms with E-state index in [9.17, 15) is 0 Å². The molecule has 2 rings (SSSR count). The number of anilines is 1. The van der Waals surface area contributed by atoms with Crippen molar-refractivity contribution >= 4 is 21.7 Å². The molecule has 1 aromatic rings. The van der Waals surface area contributed by atoms with Gasteiger partial charge in [0.1, 0.15) is 5.82 Å². The third-order valence-electron chi connectivity index (χ3n) is 3.05. The Morgan fingerprint density at radius 1 is 1.67 bits per heavy atom. The Morgan fingerprint density at radius 3 is 3.00 bits per heavy atom. The molecule has 0 radical (unpaired) electrons. The van der Waals surface area contributed by atoms with Crippen LogP contribution in [0.5, 0.6) is 0 Å². The summed E-state index contributed by atoms with van der Waals surface area (Å²) in [5, 5.41) is 3.38. The number of halogens is 1. The van der Waals surface area contributed by atoms with Crippen molar-refractivity contribution in [2.45, 2.75) is 31.9 Å². The molecule has 0 aromatic carbocycles. The van der Waals surface area contributed by atoms with Gasteiger partial charge in [0.05, 0.1) is 16.1 Å². The molecular weight excluding hydrogens is 256 g/mol. The SMILES string of the molecule is COC1(C)CC1Nc1nccc(C)c1Br. The van der Waals surface area contributed by atoms with Gasteiger partial charge < -0.3 is 10.1 Å². The average Bonchev–Trinajstić information content (AvgIpc) is 2.86. The van der Waals surface area contributed by atoms with Crippen molar-refractivity contribution < 1.29 is 4.74 Å². The van der Waals surface area contributed by atoms with Crippen molar-refractivity contribution in [3.05, 3.63) is 22.3 Å². The molecule has 82 valence electrons. The minimum Gasteiger partial charge on any atom is -0.376 e. The monoisotopic (exact) mass is 270 g/mol. The molecule has 1 N–H and O–H groups in total. The van der Waals surface area contributed by atoms with Crippen LogP contribution in [0, 0.1) is 6.92 Å². The van der Waals surface area contributed by atoms with E-state index < -0.39 is 0 Å². The Kier molecular flexibility index (Phi) is 2.73. The van der Waals surface area contributed by atoms with Crippen LogP contribution in [0.3, 0.4) is 0 Å². The van der Waals surface area contributed by atoms with E-state index in [4.69, 9.17) is 4.74 Å². The van der Waals surface area contributed by atoms with Gasteiger partial charge in [-0.1, -0.05) is 0 Å². The normalized spacial score (nSPS) is 28.9. The fourth-order valence-electron chi connectivity index (χ4n) is 1.58. The highest BCUT2D eigenvalue weighted by Crippen LogP contribution is 2.41. The van der Waals surface area contributed by atoms with Crippen molar-refractivity contribution in [3.8, 4) is 0 Å². The van der Waals surface area contributed by atoms with Gasteiger partial charge in [0, 0.05) is 19.7 Å². The number of hydrogen-bond donors (Lipinski definition) is 1. The molecule has 0 saturated heterocycles. The third-order valence-corrected chi connectivity index (χ3v) is 4.05. The molecule has 2 atom stereocenters. The zero-order valence-electron chi connectivity index (χ0n) is 9.17. The molecule has 0 bridgehead atoms. The summed E-state index contributed by atoms with van der Waals surface area (Å²) in [4.78, 5) is 4.31. The summed E-state index contributed by atoms with van der Waals surface area (Å²) in [6, 6.07) is 2.35. The van der Waals surface area contributed by atoms with Crippen LogP contribution in [0.25, 0.3) is 0 Å². The van der Waals surface area contributed by atoms with Gasteiger partial charge in [0.15, 0.2) is 0 Å². The highest BCUT2D eigenvalue weighted by atomic mass is 79.9. The van der Waals surface area contributed by atoms with Gasteiger partial charge in [-0.05, 0) is 41.4 Å². The van der Waals surface area contributed by atoms with Crippen LogP contribution >= 0.6 is 15.9 Å². The predicted octanol–water partition coefficient (Wildman–Crippen LogP) is 2.74. The number of nitrogens with zero attached hydrogens (tertiary/aromatic N) is 1. The van der Waals surface area contributed by atoms with E-state index in [0.717, 1.165) is 16.7 Å². The zero-order chi connectivity index (χ0) is 11.1. The van der Waals surface area contributed by atoms with E-state index in [-0.39, 0.29) is 5.60 Å². The summed E-state index contributed by atoms with van der Waals surface area (Å²) in [7, 11) is 1.75. The number of hydrogen-bond acceptors (Lipinski definition) is 3. The molecule has 15 heavy (non-hydrogen) atoms. The standard InChI is InChI=1S/C11H15BrN2O/c1-7-4-5-13-10(9(7)12)14-8-6-11(8,2)15-3/h4-5,8H,6H2,1-3H3,(H,13,14). The van der Waals surface area contributed by atoms with Gasteiger partial charge in [-0.3, -0.25) is 0 Å². The fourth-order valence-corrected chi connectivity index (χ4v) is 1.93. The van der Waals surface area contributed by atoms with Crippen molar-refractivity contribution in [2.24, 2.45) is 0 Å². The molecule has 0 amide bonds. The molecule has 1 saturated carbocycles. The van der Waals surface area contributed by atoms with Crippen LogP contribution in [-0.4, -0.2) is 23.7 Å². The lowest BCUT2D eigenvalue weighted by Gasteiger charge is -2.12. The molecular formula is C11H15BrN2O. The van der Waals surface area contributed by atoms with Crippen LogP contribution in [0.4, 0.5) is 5.82 Å². The highest BCUT2D eigenvalue weighted by molar-refractivity contribution is 9.10. The second kappa shape index (κ2) is 3.76. The first-order valence-electron chi connectivity index (χ1n) is 4.99. The lowest BCUT2D eigenvalue weighted by Crippen LogP contribution is -2.19. The molecule has 4 heteroatoms. The summed E-state index contributed by atoms with van der Waals surface area (Å²) < 4.78 is 6.44. The van der Waals surface area contributed by atoms with Crippen LogP contribution in [0.1, 0.15) is 18.9 Å². The smallest absolute Gasteiger partial charge is 0.140 e. The lowest BCUT2D eigenvalue weighted by molar-refractivity contribution is 0.0936. The highest BCUT2D eigenvalue weighted by Gasteiger charge is 2.51. The topological polar surface area (TPSA) is 34.1 Å². The number of pyridine rings is 1. The van der Waals surface area contributed by atoms with Gasteiger partial charge in [-0.2, -0.15) is 0 Å². The zero-order valence-corrected chi connectivity index (χ0v) is 10.8. The van der Waals surface area contributed by atoms with E-state index in [1.165, 1.54) is 5.56 Å². The Bertz CT molecular complexity index is 383. The second-order valence-electron chi connectivity index (χ2n) is 4.21.